The molecular formula is C23H26ClN9O2. The van der Waals surface area contributed by atoms with Crippen LogP contribution in [-0.4, -0.2) is 50.5 Å². The predicted octanol–water partition coefficient (Wildman–Crippen LogP) is 4.63. The Hall–Kier alpha value is -3.99. The number of nitrogens with one attached hydrogen (secondary N) is 3. The Kier molecular flexibility index (Phi) is 6.97. The van der Waals surface area contributed by atoms with Crippen LogP contribution in [0.5, 0.6) is 11.9 Å². The molecule has 4 aromatic heterocycles. The fraction of sp³-hybridized carbons (Fsp3) is 0.304. The van der Waals surface area contributed by atoms with Crippen LogP contribution >= 0.6 is 11.6 Å². The van der Waals surface area contributed by atoms with E-state index in [1.54, 1.807) is 0 Å². The van der Waals surface area contributed by atoms with Crippen LogP contribution < -0.4 is 5.32 Å². The number of aromatic nitrogens is 8. The minimum Gasteiger partial charge on any atom is -0.492 e. The van der Waals surface area contributed by atoms with E-state index in [-0.39, 0.29) is 22.6 Å². The third-order valence-electron chi connectivity index (χ3n) is 5.25. The molecule has 11 nitrogen and oxygen atoms in total. The van der Waals surface area contributed by atoms with Gasteiger partial charge in [0.1, 0.15) is 11.0 Å². The number of aromatic amines is 2. The van der Waals surface area contributed by atoms with Crippen LogP contribution in [0, 0.1) is 0 Å². The molecule has 0 amide bonds. The van der Waals surface area contributed by atoms with Gasteiger partial charge in [0, 0.05) is 6.54 Å². The van der Waals surface area contributed by atoms with Crippen molar-refractivity contribution >= 4 is 39.5 Å². The van der Waals surface area contributed by atoms with Gasteiger partial charge >= 0.3 is 6.01 Å². The number of benzene rings is 1. The summed E-state index contributed by atoms with van der Waals surface area (Å²) in [6.07, 6.45) is 0. The summed E-state index contributed by atoms with van der Waals surface area (Å²) < 4.78 is 0. The molecule has 182 valence electrons. The summed E-state index contributed by atoms with van der Waals surface area (Å²) in [7, 11) is 0. The highest BCUT2D eigenvalue weighted by Crippen LogP contribution is 2.28. The van der Waals surface area contributed by atoms with Gasteiger partial charge in [-0.05, 0) is 29.0 Å². The fourth-order valence-electron chi connectivity index (χ4n) is 3.49. The van der Waals surface area contributed by atoms with Crippen molar-refractivity contribution < 1.29 is 10.2 Å². The van der Waals surface area contributed by atoms with E-state index >= 15 is 0 Å². The summed E-state index contributed by atoms with van der Waals surface area (Å²) in [5.41, 5.74) is 5.15. The molecule has 0 unspecified atom stereocenters. The van der Waals surface area contributed by atoms with E-state index in [0.29, 0.717) is 23.8 Å². The first-order valence-corrected chi connectivity index (χ1v) is 11.5. The van der Waals surface area contributed by atoms with Gasteiger partial charge in [0.15, 0.2) is 16.9 Å². The van der Waals surface area contributed by atoms with Gasteiger partial charge in [-0.15, -0.1) is 0 Å². The van der Waals surface area contributed by atoms with E-state index in [1.165, 1.54) is 5.56 Å². The average Bonchev–Trinajstić information content (AvgIpc) is 3.43. The molecule has 0 radical (unpaired) electrons. The highest BCUT2D eigenvalue weighted by atomic mass is 35.5. The zero-order chi connectivity index (χ0) is 25.1. The van der Waals surface area contributed by atoms with Crippen molar-refractivity contribution in [1.82, 2.24) is 40.3 Å². The number of hydrogen-bond donors (Lipinski definition) is 5. The van der Waals surface area contributed by atoms with Gasteiger partial charge in [-0.25, -0.2) is 4.98 Å². The molecule has 5 N–H and O–H groups in total. The standard InChI is InChI=1S/C15H16ClN5.C8H10N4O2/c1-9(2)11-12-13(21-20-11)14(19-15(16)18-12)17-8-10-6-4-3-5-7-10;1-3(2)4-5-6(12-11-4)7(13)10-8(14)9-5/h3-7,9H,8H2,1-2H3,(H,20,21)(H,17,18,19);3H,1-2H3,(H,11,12)(H2,9,10,13,14). The van der Waals surface area contributed by atoms with Crippen LogP contribution in [0.15, 0.2) is 30.3 Å². The van der Waals surface area contributed by atoms with Gasteiger partial charge in [-0.1, -0.05) is 58.0 Å². The molecule has 4 heterocycles. The van der Waals surface area contributed by atoms with Crippen molar-refractivity contribution in [3.05, 3.63) is 52.6 Å². The molecule has 35 heavy (non-hydrogen) atoms. The number of rotatable bonds is 5. The summed E-state index contributed by atoms with van der Waals surface area (Å²) in [5, 5.41) is 35.9. The zero-order valence-corrected chi connectivity index (χ0v) is 20.5. The second kappa shape index (κ2) is 10.1. The molecule has 1 aromatic carbocycles. The Labute approximate surface area is 206 Å². The van der Waals surface area contributed by atoms with E-state index in [4.69, 9.17) is 16.7 Å². The topological polar surface area (TPSA) is 161 Å². The smallest absolute Gasteiger partial charge is 0.317 e. The molecule has 0 aliphatic rings. The molecule has 0 aliphatic heterocycles. The Morgan fingerprint density at radius 2 is 1.40 bits per heavy atom. The highest BCUT2D eigenvalue weighted by molar-refractivity contribution is 6.28. The molecule has 5 rings (SSSR count). The number of nitrogens with zero attached hydrogens (tertiary/aromatic N) is 6. The molecule has 0 aliphatic carbocycles. The first-order valence-electron chi connectivity index (χ1n) is 11.1. The number of fused-ring (bicyclic) bond motifs is 2. The van der Waals surface area contributed by atoms with Crippen molar-refractivity contribution in [2.24, 2.45) is 0 Å². The third kappa shape index (κ3) is 5.24. The van der Waals surface area contributed by atoms with Gasteiger partial charge in [0.25, 0.3) is 0 Å². The number of anilines is 1. The van der Waals surface area contributed by atoms with Crippen LogP contribution in [0.1, 0.15) is 56.5 Å². The Balaban J connectivity index is 0.000000179. The van der Waals surface area contributed by atoms with Gasteiger partial charge in [-0.3, -0.25) is 10.2 Å². The van der Waals surface area contributed by atoms with E-state index in [2.05, 4.69) is 71.6 Å². The summed E-state index contributed by atoms with van der Waals surface area (Å²) in [5.74, 6) is 0.823. The number of H-pyrrole nitrogens is 2. The second-order valence-electron chi connectivity index (χ2n) is 8.51. The summed E-state index contributed by atoms with van der Waals surface area (Å²) in [6.45, 7) is 8.75. The maximum Gasteiger partial charge on any atom is 0.317 e. The van der Waals surface area contributed by atoms with Crippen LogP contribution in [0.2, 0.25) is 5.28 Å². The molecule has 0 spiro atoms. The molecule has 0 saturated carbocycles. The minimum absolute atomic E-state index is 0.189. The van der Waals surface area contributed by atoms with Gasteiger partial charge < -0.3 is 15.5 Å². The van der Waals surface area contributed by atoms with Gasteiger partial charge in [-0.2, -0.15) is 25.1 Å². The summed E-state index contributed by atoms with van der Waals surface area (Å²) in [4.78, 5) is 15.7. The van der Waals surface area contributed by atoms with Crippen LogP contribution in [0.4, 0.5) is 5.82 Å². The lowest BCUT2D eigenvalue weighted by Gasteiger charge is -2.07. The van der Waals surface area contributed by atoms with E-state index < -0.39 is 6.01 Å². The SMILES string of the molecule is CC(C)c1[nH]nc2c(NCc3ccccc3)nc(Cl)nc12.CC(C)c1[nH]nc2c(O)nc(O)nc12. The Morgan fingerprint density at radius 1 is 0.800 bits per heavy atom. The molecule has 0 bridgehead atoms. The monoisotopic (exact) mass is 495 g/mol. The van der Waals surface area contributed by atoms with Crippen molar-refractivity contribution in [3.8, 4) is 11.9 Å². The van der Waals surface area contributed by atoms with Crippen molar-refractivity contribution in [2.75, 3.05) is 5.32 Å². The first kappa shape index (κ1) is 24.1. The summed E-state index contributed by atoms with van der Waals surface area (Å²) >= 11 is 6.04. The molecule has 0 atom stereocenters. The molecule has 5 aromatic rings. The Bertz CT molecular complexity index is 1450. The molecular weight excluding hydrogens is 470 g/mol. The lowest BCUT2D eigenvalue weighted by molar-refractivity contribution is 0.403. The van der Waals surface area contributed by atoms with E-state index in [0.717, 1.165) is 22.4 Å². The predicted molar refractivity (Wildman–Crippen MR) is 134 cm³/mol. The minimum atomic E-state index is -0.446. The molecule has 0 saturated heterocycles. The van der Waals surface area contributed by atoms with Gasteiger partial charge in [0.2, 0.25) is 11.2 Å². The summed E-state index contributed by atoms with van der Waals surface area (Å²) in [6, 6.07) is 9.66. The van der Waals surface area contributed by atoms with E-state index in [1.807, 2.05) is 32.0 Å². The zero-order valence-electron chi connectivity index (χ0n) is 19.7. The van der Waals surface area contributed by atoms with Crippen LogP contribution in [-0.2, 0) is 6.54 Å². The lowest BCUT2D eigenvalue weighted by atomic mass is 10.1. The maximum absolute atomic E-state index is 9.35. The van der Waals surface area contributed by atoms with Crippen LogP contribution in [0.25, 0.3) is 22.1 Å². The van der Waals surface area contributed by atoms with Gasteiger partial charge in [0.05, 0.1) is 11.4 Å². The highest BCUT2D eigenvalue weighted by Gasteiger charge is 2.17. The number of halogens is 1. The molecule has 12 heteroatoms. The van der Waals surface area contributed by atoms with E-state index in [9.17, 15) is 5.11 Å². The van der Waals surface area contributed by atoms with Crippen molar-refractivity contribution in [2.45, 2.75) is 46.1 Å². The first-order chi connectivity index (χ1) is 16.7. The quantitative estimate of drug-likeness (QED) is 0.219. The second-order valence-corrected chi connectivity index (χ2v) is 8.84. The number of aromatic hydroxyl groups is 2. The maximum atomic E-state index is 9.35. The van der Waals surface area contributed by atoms with Crippen molar-refractivity contribution in [3.63, 3.8) is 0 Å². The van der Waals surface area contributed by atoms with Crippen LogP contribution in [0.3, 0.4) is 0 Å². The normalized spacial score (nSPS) is 11.3. The van der Waals surface area contributed by atoms with Crippen molar-refractivity contribution in [1.29, 1.82) is 0 Å². The lowest BCUT2D eigenvalue weighted by Crippen LogP contribution is -2.03. The fourth-order valence-corrected chi connectivity index (χ4v) is 3.66. The third-order valence-corrected chi connectivity index (χ3v) is 5.42. The Morgan fingerprint density at radius 3 is 2.03 bits per heavy atom. The largest absolute Gasteiger partial charge is 0.492 e. The average molecular weight is 496 g/mol. The molecule has 0 fully saturated rings. The number of hydrogen-bond acceptors (Lipinski definition) is 9.